The predicted molar refractivity (Wildman–Crippen MR) is 148 cm³/mol. The van der Waals surface area contributed by atoms with Crippen LogP contribution in [-0.4, -0.2) is 36.6 Å². The lowest BCUT2D eigenvalue weighted by atomic mass is 10.1. The zero-order valence-corrected chi connectivity index (χ0v) is 21.3. The number of nitrogens with zero attached hydrogens (tertiary/aromatic N) is 2. The molecule has 0 amide bonds. The number of benzene rings is 3. The third-order valence-electron chi connectivity index (χ3n) is 5.82. The number of ether oxygens (including phenoxy) is 1. The second-order valence-electron chi connectivity index (χ2n) is 8.58. The summed E-state index contributed by atoms with van der Waals surface area (Å²) in [6, 6.07) is 26.9. The van der Waals surface area contributed by atoms with Crippen LogP contribution in [0.3, 0.4) is 0 Å². The van der Waals surface area contributed by atoms with Gasteiger partial charge in [-0.05, 0) is 66.7 Å². The van der Waals surface area contributed by atoms with Crippen LogP contribution >= 0.6 is 0 Å². The van der Waals surface area contributed by atoms with Gasteiger partial charge in [-0.25, -0.2) is 18.4 Å². The van der Waals surface area contributed by atoms with Crippen LogP contribution in [0.25, 0.3) is 22.2 Å². The second kappa shape index (κ2) is 11.4. The van der Waals surface area contributed by atoms with Crippen LogP contribution in [0, 0.1) is 0 Å². The summed E-state index contributed by atoms with van der Waals surface area (Å²) in [7, 11) is -3.21. The molecule has 5 rings (SSSR count). The number of hydrogen-bond acceptors (Lipinski definition) is 9. The van der Waals surface area contributed by atoms with E-state index in [0.29, 0.717) is 30.4 Å². The maximum atomic E-state index is 11.5. The zero-order valence-electron chi connectivity index (χ0n) is 20.5. The SMILES string of the molecule is NCS(=O)(=O)CCNCc1ccc(-c2ccc3ncnc(Nc4ccc(Oc5ccccc5)cc4)c3c2)o1. The first-order valence-electron chi connectivity index (χ1n) is 12.0. The molecule has 0 bridgehead atoms. The molecule has 5 aromatic rings. The van der Waals surface area contributed by atoms with Gasteiger partial charge in [0.05, 0.1) is 23.7 Å². The average molecular weight is 530 g/mol. The molecule has 4 N–H and O–H groups in total. The zero-order chi connectivity index (χ0) is 26.4. The first kappa shape index (κ1) is 25.4. The van der Waals surface area contributed by atoms with Crippen molar-refractivity contribution in [3.63, 3.8) is 0 Å². The average Bonchev–Trinajstić information content (AvgIpc) is 3.42. The molecule has 0 aliphatic heterocycles. The summed E-state index contributed by atoms with van der Waals surface area (Å²) in [6.45, 7) is 0.713. The molecule has 2 heterocycles. The normalized spacial score (nSPS) is 11.5. The van der Waals surface area contributed by atoms with E-state index in [4.69, 9.17) is 14.9 Å². The van der Waals surface area contributed by atoms with Gasteiger partial charge in [0, 0.05) is 23.2 Å². The Bertz CT molecular complexity index is 1620. The van der Waals surface area contributed by atoms with Crippen molar-refractivity contribution in [2.45, 2.75) is 6.54 Å². The predicted octanol–water partition coefficient (Wildman–Crippen LogP) is 4.85. The third kappa shape index (κ3) is 6.35. The first-order valence-corrected chi connectivity index (χ1v) is 13.9. The highest BCUT2D eigenvalue weighted by Crippen LogP contribution is 2.30. The minimum absolute atomic E-state index is 0.0136. The smallest absolute Gasteiger partial charge is 0.164 e. The molecule has 3 aromatic carbocycles. The Kier molecular flexibility index (Phi) is 7.64. The van der Waals surface area contributed by atoms with E-state index in [1.807, 2.05) is 84.9 Å². The van der Waals surface area contributed by atoms with Crippen LogP contribution in [0.1, 0.15) is 5.76 Å². The monoisotopic (exact) mass is 529 g/mol. The summed E-state index contributed by atoms with van der Waals surface area (Å²) in [6.07, 6.45) is 1.53. The summed E-state index contributed by atoms with van der Waals surface area (Å²) in [4.78, 5) is 8.85. The highest BCUT2D eigenvalue weighted by atomic mass is 32.2. The number of nitrogens with two attached hydrogens (primary N) is 1. The molecular formula is C28H27N5O4S. The van der Waals surface area contributed by atoms with Crippen molar-refractivity contribution in [2.75, 3.05) is 23.5 Å². The molecule has 0 unspecified atom stereocenters. The Hall–Kier alpha value is -4.25. The summed E-state index contributed by atoms with van der Waals surface area (Å²) in [5.74, 6) is 3.21. The maximum Gasteiger partial charge on any atom is 0.164 e. The Labute approximate surface area is 220 Å². The quantitative estimate of drug-likeness (QED) is 0.205. The van der Waals surface area contributed by atoms with Crippen molar-refractivity contribution in [1.29, 1.82) is 0 Å². The van der Waals surface area contributed by atoms with Crippen LogP contribution in [0.4, 0.5) is 11.5 Å². The highest BCUT2D eigenvalue weighted by molar-refractivity contribution is 7.91. The van der Waals surface area contributed by atoms with E-state index in [9.17, 15) is 8.42 Å². The van der Waals surface area contributed by atoms with E-state index in [1.165, 1.54) is 6.33 Å². The van der Waals surface area contributed by atoms with Crippen LogP contribution in [-0.2, 0) is 16.4 Å². The largest absolute Gasteiger partial charge is 0.460 e. The molecule has 0 fully saturated rings. The molecular weight excluding hydrogens is 502 g/mol. The lowest BCUT2D eigenvalue weighted by Gasteiger charge is -2.10. The van der Waals surface area contributed by atoms with Gasteiger partial charge >= 0.3 is 0 Å². The number of hydrogen-bond donors (Lipinski definition) is 3. The summed E-state index contributed by atoms with van der Waals surface area (Å²) < 4.78 is 34.9. The molecule has 0 spiro atoms. The van der Waals surface area contributed by atoms with Crippen molar-refractivity contribution >= 4 is 32.2 Å². The lowest BCUT2D eigenvalue weighted by molar-refractivity contribution is 0.483. The van der Waals surface area contributed by atoms with Gasteiger partial charge in [0.15, 0.2) is 9.84 Å². The minimum atomic E-state index is -3.21. The van der Waals surface area contributed by atoms with Crippen molar-refractivity contribution in [2.24, 2.45) is 5.73 Å². The van der Waals surface area contributed by atoms with Crippen LogP contribution in [0.15, 0.2) is 95.7 Å². The number of nitrogens with one attached hydrogen (secondary N) is 2. The molecule has 10 heteroatoms. The number of aromatic nitrogens is 2. The number of anilines is 2. The van der Waals surface area contributed by atoms with E-state index in [-0.39, 0.29) is 11.6 Å². The number of furan rings is 1. The first-order chi connectivity index (χ1) is 18.5. The van der Waals surface area contributed by atoms with E-state index >= 15 is 0 Å². The van der Waals surface area contributed by atoms with Gasteiger partial charge in [0.1, 0.15) is 35.2 Å². The summed E-state index contributed by atoms with van der Waals surface area (Å²) in [5, 5.41) is 7.29. The van der Waals surface area contributed by atoms with Gasteiger partial charge < -0.3 is 25.5 Å². The van der Waals surface area contributed by atoms with Gasteiger partial charge in [-0.2, -0.15) is 0 Å². The Morgan fingerprint density at radius 1 is 0.895 bits per heavy atom. The second-order valence-corrected chi connectivity index (χ2v) is 10.8. The Balaban J connectivity index is 1.28. The van der Waals surface area contributed by atoms with Crippen molar-refractivity contribution in [3.05, 3.63) is 97.0 Å². The number of fused-ring (bicyclic) bond motifs is 1. The number of rotatable bonds is 11. The van der Waals surface area contributed by atoms with Crippen LogP contribution < -0.4 is 21.1 Å². The van der Waals surface area contributed by atoms with Crippen LogP contribution in [0.5, 0.6) is 11.5 Å². The van der Waals surface area contributed by atoms with E-state index in [0.717, 1.165) is 33.7 Å². The van der Waals surface area contributed by atoms with E-state index in [2.05, 4.69) is 20.6 Å². The molecule has 0 saturated carbocycles. The molecule has 0 atom stereocenters. The fraction of sp³-hybridized carbons (Fsp3) is 0.143. The lowest BCUT2D eigenvalue weighted by Crippen LogP contribution is -2.26. The van der Waals surface area contributed by atoms with Crippen molar-refractivity contribution in [1.82, 2.24) is 15.3 Å². The Morgan fingerprint density at radius 3 is 2.47 bits per heavy atom. The summed E-state index contributed by atoms with van der Waals surface area (Å²) >= 11 is 0. The van der Waals surface area contributed by atoms with Gasteiger partial charge in [-0.3, -0.25) is 0 Å². The molecule has 0 radical (unpaired) electrons. The molecule has 0 aliphatic rings. The fourth-order valence-corrected chi connectivity index (χ4v) is 4.45. The molecule has 0 aliphatic carbocycles. The maximum absolute atomic E-state index is 11.5. The Morgan fingerprint density at radius 2 is 1.68 bits per heavy atom. The van der Waals surface area contributed by atoms with Gasteiger partial charge in [0.2, 0.25) is 0 Å². The minimum Gasteiger partial charge on any atom is -0.460 e. The molecule has 38 heavy (non-hydrogen) atoms. The van der Waals surface area contributed by atoms with E-state index < -0.39 is 9.84 Å². The van der Waals surface area contributed by atoms with Crippen molar-refractivity contribution < 1.29 is 17.6 Å². The molecule has 2 aromatic heterocycles. The van der Waals surface area contributed by atoms with Gasteiger partial charge in [-0.1, -0.05) is 18.2 Å². The fourth-order valence-electron chi connectivity index (χ4n) is 3.83. The summed E-state index contributed by atoms with van der Waals surface area (Å²) in [5.41, 5.74) is 7.77. The molecule has 0 saturated heterocycles. The van der Waals surface area contributed by atoms with E-state index in [1.54, 1.807) is 0 Å². The standard InChI is InChI=1S/C28H27N5O4S/c29-18-38(34,35)15-14-30-17-24-11-13-27(37-24)20-6-12-26-25(16-20)28(32-19-31-26)33-21-7-9-23(10-8-21)36-22-4-2-1-3-5-22/h1-13,16,19,30H,14-15,17-18,29H2,(H,31,32,33). The topological polar surface area (TPSA) is 132 Å². The third-order valence-corrected chi connectivity index (χ3v) is 7.15. The van der Waals surface area contributed by atoms with Gasteiger partial charge in [-0.15, -0.1) is 0 Å². The number of para-hydroxylation sites is 1. The molecule has 9 nitrogen and oxygen atoms in total. The molecule has 194 valence electrons. The highest BCUT2D eigenvalue weighted by Gasteiger charge is 2.11. The number of sulfone groups is 1. The van der Waals surface area contributed by atoms with Crippen molar-refractivity contribution in [3.8, 4) is 22.8 Å². The van der Waals surface area contributed by atoms with Gasteiger partial charge in [0.25, 0.3) is 0 Å². The van der Waals surface area contributed by atoms with Crippen LogP contribution in [0.2, 0.25) is 0 Å².